The molecule has 5 nitrogen and oxygen atoms in total. The van der Waals surface area contributed by atoms with Gasteiger partial charge < -0.3 is 5.32 Å². The van der Waals surface area contributed by atoms with Crippen LogP contribution in [0.3, 0.4) is 0 Å². The number of nitrogens with zero attached hydrogens (tertiary/aromatic N) is 3. The molecule has 3 rings (SSSR count). The van der Waals surface area contributed by atoms with Crippen molar-refractivity contribution in [1.82, 2.24) is 20.3 Å². The van der Waals surface area contributed by atoms with E-state index in [1.807, 2.05) is 24.3 Å². The molecule has 0 aliphatic heterocycles. The van der Waals surface area contributed by atoms with E-state index in [-0.39, 0.29) is 5.91 Å². The molecule has 0 atom stereocenters. The minimum atomic E-state index is -0.148. The molecule has 0 radical (unpaired) electrons. The van der Waals surface area contributed by atoms with Crippen LogP contribution in [-0.4, -0.2) is 27.4 Å². The Kier molecular flexibility index (Phi) is 4.50. The molecular formula is C16H14N4OS. The Labute approximate surface area is 132 Å². The lowest BCUT2D eigenvalue weighted by Gasteiger charge is -2.03. The summed E-state index contributed by atoms with van der Waals surface area (Å²) in [5.74, 6) is -0.148. The van der Waals surface area contributed by atoms with Crippen molar-refractivity contribution in [3.05, 3.63) is 65.7 Å². The Morgan fingerprint density at radius 3 is 2.45 bits per heavy atom. The largest absolute Gasteiger partial charge is 0.350 e. The van der Waals surface area contributed by atoms with Gasteiger partial charge in [-0.3, -0.25) is 14.8 Å². The zero-order valence-corrected chi connectivity index (χ0v) is 12.6. The van der Waals surface area contributed by atoms with Gasteiger partial charge in [0.15, 0.2) is 0 Å². The molecule has 0 aliphatic rings. The van der Waals surface area contributed by atoms with Gasteiger partial charge in [0.25, 0.3) is 5.91 Å². The molecule has 0 spiro atoms. The van der Waals surface area contributed by atoms with E-state index < -0.39 is 0 Å². The zero-order chi connectivity index (χ0) is 15.2. The van der Waals surface area contributed by atoms with E-state index in [1.54, 1.807) is 30.2 Å². The minimum Gasteiger partial charge on any atom is -0.350 e. The molecule has 0 aromatic carbocycles. The Balaban J connectivity index is 1.58. The zero-order valence-electron chi connectivity index (χ0n) is 11.8. The van der Waals surface area contributed by atoms with E-state index >= 15 is 0 Å². The minimum absolute atomic E-state index is 0.148. The summed E-state index contributed by atoms with van der Waals surface area (Å²) in [7, 11) is 0. The van der Waals surface area contributed by atoms with E-state index in [4.69, 9.17) is 0 Å². The van der Waals surface area contributed by atoms with Gasteiger partial charge in [-0.25, -0.2) is 4.98 Å². The maximum atomic E-state index is 12.1. The average molecular weight is 310 g/mol. The number of hydrogen-bond acceptors (Lipinski definition) is 5. The number of carbonyl (C=O) groups excluding carboxylic acids is 1. The highest BCUT2D eigenvalue weighted by molar-refractivity contribution is 7.13. The van der Waals surface area contributed by atoms with Crippen LogP contribution in [0.25, 0.3) is 10.6 Å². The highest BCUT2D eigenvalue weighted by Crippen LogP contribution is 2.22. The lowest BCUT2D eigenvalue weighted by Crippen LogP contribution is -2.25. The number of thiazole rings is 1. The molecule has 1 amide bonds. The molecule has 6 heteroatoms. The first-order chi connectivity index (χ1) is 10.8. The van der Waals surface area contributed by atoms with Gasteiger partial charge in [-0.15, -0.1) is 11.3 Å². The molecule has 3 heterocycles. The van der Waals surface area contributed by atoms with Crippen molar-refractivity contribution < 1.29 is 4.79 Å². The Hall–Kier alpha value is -2.60. The van der Waals surface area contributed by atoms with Crippen molar-refractivity contribution in [2.75, 3.05) is 6.54 Å². The van der Waals surface area contributed by atoms with Gasteiger partial charge in [0, 0.05) is 42.3 Å². The van der Waals surface area contributed by atoms with Crippen LogP contribution in [-0.2, 0) is 6.42 Å². The van der Waals surface area contributed by atoms with Crippen LogP contribution in [0.5, 0.6) is 0 Å². The molecule has 0 bridgehead atoms. The van der Waals surface area contributed by atoms with Crippen molar-refractivity contribution in [3.8, 4) is 10.6 Å². The van der Waals surface area contributed by atoms with E-state index in [2.05, 4.69) is 20.3 Å². The molecule has 110 valence electrons. The van der Waals surface area contributed by atoms with Crippen LogP contribution in [0, 0.1) is 0 Å². The fraction of sp³-hybridized carbons (Fsp3) is 0.125. The van der Waals surface area contributed by atoms with Crippen LogP contribution >= 0.6 is 11.3 Å². The fourth-order valence-corrected chi connectivity index (χ4v) is 2.77. The number of hydrogen-bond donors (Lipinski definition) is 1. The molecule has 22 heavy (non-hydrogen) atoms. The monoisotopic (exact) mass is 310 g/mol. The standard InChI is InChI=1S/C16H14N4OS/c21-15(19-10-3-12-1-6-17-7-2-12)14-11-22-16(20-14)13-4-8-18-9-5-13/h1-2,4-9,11H,3,10H2,(H,19,21). The number of aromatic nitrogens is 3. The predicted molar refractivity (Wildman–Crippen MR) is 85.6 cm³/mol. The van der Waals surface area contributed by atoms with Gasteiger partial charge >= 0.3 is 0 Å². The first kappa shape index (κ1) is 14.3. The Morgan fingerprint density at radius 2 is 1.73 bits per heavy atom. The number of carbonyl (C=O) groups is 1. The van der Waals surface area contributed by atoms with Gasteiger partial charge in [0.05, 0.1) is 0 Å². The fourth-order valence-electron chi connectivity index (χ4n) is 1.97. The maximum Gasteiger partial charge on any atom is 0.270 e. The highest BCUT2D eigenvalue weighted by Gasteiger charge is 2.11. The van der Waals surface area contributed by atoms with Gasteiger partial charge in [-0.1, -0.05) is 0 Å². The van der Waals surface area contributed by atoms with Gasteiger partial charge in [-0.2, -0.15) is 0 Å². The Bertz CT molecular complexity index is 743. The summed E-state index contributed by atoms with van der Waals surface area (Å²) in [4.78, 5) is 24.4. The molecule has 0 unspecified atom stereocenters. The summed E-state index contributed by atoms with van der Waals surface area (Å²) in [5.41, 5.74) is 2.56. The van der Waals surface area contributed by atoms with Crippen LogP contribution in [0.15, 0.2) is 54.4 Å². The molecular weight excluding hydrogens is 296 g/mol. The smallest absolute Gasteiger partial charge is 0.270 e. The van der Waals surface area contributed by atoms with Gasteiger partial charge in [-0.05, 0) is 36.2 Å². The molecule has 0 fully saturated rings. The number of nitrogens with one attached hydrogen (secondary N) is 1. The SMILES string of the molecule is O=C(NCCc1ccncc1)c1csc(-c2ccncc2)n1. The average Bonchev–Trinajstić information content (AvgIpc) is 3.07. The second kappa shape index (κ2) is 6.91. The highest BCUT2D eigenvalue weighted by atomic mass is 32.1. The van der Waals surface area contributed by atoms with E-state index in [1.165, 1.54) is 11.3 Å². The molecule has 0 saturated carbocycles. The van der Waals surface area contributed by atoms with Crippen molar-refractivity contribution in [3.63, 3.8) is 0 Å². The van der Waals surface area contributed by atoms with Crippen LogP contribution in [0.2, 0.25) is 0 Å². The first-order valence-electron chi connectivity index (χ1n) is 6.86. The summed E-state index contributed by atoms with van der Waals surface area (Å²) < 4.78 is 0. The second-order valence-corrected chi connectivity index (χ2v) is 5.49. The van der Waals surface area contributed by atoms with Crippen molar-refractivity contribution >= 4 is 17.2 Å². The van der Waals surface area contributed by atoms with Crippen LogP contribution in [0.1, 0.15) is 16.1 Å². The first-order valence-corrected chi connectivity index (χ1v) is 7.74. The maximum absolute atomic E-state index is 12.1. The van der Waals surface area contributed by atoms with Gasteiger partial charge in [0.1, 0.15) is 10.7 Å². The molecule has 0 saturated heterocycles. The molecule has 1 N–H and O–H groups in total. The third kappa shape index (κ3) is 3.53. The van der Waals surface area contributed by atoms with Gasteiger partial charge in [0.2, 0.25) is 0 Å². The Morgan fingerprint density at radius 1 is 1.05 bits per heavy atom. The summed E-state index contributed by atoms with van der Waals surface area (Å²) in [5, 5.41) is 5.48. The van der Waals surface area contributed by atoms with E-state index in [0.717, 1.165) is 22.6 Å². The second-order valence-electron chi connectivity index (χ2n) is 4.64. The lowest BCUT2D eigenvalue weighted by molar-refractivity contribution is 0.0950. The number of rotatable bonds is 5. The number of pyridine rings is 2. The normalized spacial score (nSPS) is 10.4. The third-order valence-electron chi connectivity index (χ3n) is 3.11. The van der Waals surface area contributed by atoms with Crippen molar-refractivity contribution in [2.24, 2.45) is 0 Å². The van der Waals surface area contributed by atoms with Crippen molar-refractivity contribution in [2.45, 2.75) is 6.42 Å². The van der Waals surface area contributed by atoms with Crippen LogP contribution < -0.4 is 5.32 Å². The molecule has 3 aromatic heterocycles. The summed E-state index contributed by atoms with van der Waals surface area (Å²) in [6.07, 6.45) is 7.70. The van der Waals surface area contributed by atoms with E-state index in [0.29, 0.717) is 12.2 Å². The number of amides is 1. The molecule has 3 aromatic rings. The quantitative estimate of drug-likeness (QED) is 0.786. The summed E-state index contributed by atoms with van der Waals surface area (Å²) in [6.45, 7) is 0.574. The third-order valence-corrected chi connectivity index (χ3v) is 4.00. The van der Waals surface area contributed by atoms with Crippen LogP contribution in [0.4, 0.5) is 0 Å². The van der Waals surface area contributed by atoms with E-state index in [9.17, 15) is 4.79 Å². The van der Waals surface area contributed by atoms with Crippen molar-refractivity contribution in [1.29, 1.82) is 0 Å². The topological polar surface area (TPSA) is 67.8 Å². The summed E-state index contributed by atoms with van der Waals surface area (Å²) in [6, 6.07) is 7.64. The molecule has 0 aliphatic carbocycles. The summed E-state index contributed by atoms with van der Waals surface area (Å²) >= 11 is 1.45. The lowest BCUT2D eigenvalue weighted by atomic mass is 10.2. The predicted octanol–water partition coefficient (Wildman–Crippen LogP) is 2.57.